The van der Waals surface area contributed by atoms with Crippen molar-refractivity contribution in [3.63, 3.8) is 0 Å². The fraction of sp³-hybridized carbons (Fsp3) is 0.448. The number of rotatable bonds is 4. The lowest BCUT2D eigenvalue weighted by molar-refractivity contribution is -0.116. The van der Waals surface area contributed by atoms with E-state index >= 15 is 0 Å². The largest absolute Gasteiger partial charge is 0.494 e. The number of hydrogen-bond acceptors (Lipinski definition) is 4. The smallest absolute Gasteiger partial charge is 0.270 e. The first-order chi connectivity index (χ1) is 17.7. The van der Waals surface area contributed by atoms with Crippen molar-refractivity contribution in [1.29, 1.82) is 0 Å². The van der Waals surface area contributed by atoms with Crippen LogP contribution in [0.4, 0.5) is 10.1 Å². The predicted octanol–water partition coefficient (Wildman–Crippen LogP) is 4.83. The van der Waals surface area contributed by atoms with Gasteiger partial charge in [-0.25, -0.2) is 4.39 Å². The molecule has 2 aromatic carbocycles. The van der Waals surface area contributed by atoms with Gasteiger partial charge in [0.15, 0.2) is 0 Å². The number of halogens is 1. The minimum Gasteiger partial charge on any atom is -0.494 e. The van der Waals surface area contributed by atoms with Crippen LogP contribution in [0.2, 0.25) is 0 Å². The second kappa shape index (κ2) is 11.3. The Hall–Kier alpha value is -3.39. The third-order valence-corrected chi connectivity index (χ3v) is 7.13. The lowest BCUT2D eigenvalue weighted by atomic mass is 10.1. The summed E-state index contributed by atoms with van der Waals surface area (Å²) in [7, 11) is 1.89. The van der Waals surface area contributed by atoms with Gasteiger partial charge in [-0.1, -0.05) is 6.07 Å². The number of carbonyl (C=O) groups excluding carboxylic acids is 2. The summed E-state index contributed by atoms with van der Waals surface area (Å²) >= 11 is 0. The molecule has 0 atom stereocenters. The Labute approximate surface area is 218 Å². The van der Waals surface area contributed by atoms with Gasteiger partial charge in [-0.3, -0.25) is 14.5 Å². The highest BCUT2D eigenvalue weighted by Crippen LogP contribution is 2.28. The van der Waals surface area contributed by atoms with E-state index < -0.39 is 5.82 Å². The molecule has 0 saturated carbocycles. The summed E-state index contributed by atoms with van der Waals surface area (Å²) in [5.74, 6) is 0.117. The molecule has 2 heterocycles. The van der Waals surface area contributed by atoms with Crippen LogP contribution in [0.5, 0.6) is 5.75 Å². The minimum atomic E-state index is -0.402. The maximum absolute atomic E-state index is 14.3. The summed E-state index contributed by atoms with van der Waals surface area (Å²) < 4.78 is 21.9. The Balaban J connectivity index is 1.75. The highest BCUT2D eigenvalue weighted by molar-refractivity contribution is 5.99. The second-order valence-electron chi connectivity index (χ2n) is 9.90. The van der Waals surface area contributed by atoms with Crippen LogP contribution in [-0.2, 0) is 18.4 Å². The molecule has 0 fully saturated rings. The quantitative estimate of drug-likeness (QED) is 0.507. The third-order valence-electron chi connectivity index (χ3n) is 7.13. The van der Waals surface area contributed by atoms with E-state index in [0.29, 0.717) is 37.6 Å². The van der Waals surface area contributed by atoms with Crippen molar-refractivity contribution in [2.24, 2.45) is 7.05 Å². The van der Waals surface area contributed by atoms with Crippen LogP contribution in [0.3, 0.4) is 0 Å². The lowest BCUT2D eigenvalue weighted by Crippen LogP contribution is -2.41. The number of aromatic nitrogens is 1. The molecule has 2 amide bonds. The zero-order chi connectivity index (χ0) is 26.7. The number of ether oxygens (including phenoxy) is 1. The standard InChI is InChI=1S/C29H37FN4O3/c1-6-37-25-10-11-26-23(16-25)17-28(31(26)5)29(36)33-15-14-32(20(2)3)12-7-13-34(21(4)35)27-18-24(30)9-8-22(27)19-33/h8-11,16-18,20H,6-7,12-15,19H2,1-5H3. The SMILES string of the molecule is CCOc1ccc2c(c1)cc(C(=O)N1CCN(C(C)C)CCCN(C(C)=O)c3cc(F)ccc3C1)n2C. The highest BCUT2D eigenvalue weighted by atomic mass is 19.1. The molecule has 0 N–H and O–H groups in total. The van der Waals surface area contributed by atoms with Crippen LogP contribution >= 0.6 is 0 Å². The first kappa shape index (κ1) is 26.7. The van der Waals surface area contributed by atoms with Gasteiger partial charge in [0, 0.05) is 63.6 Å². The van der Waals surface area contributed by atoms with Crippen molar-refractivity contribution in [2.75, 3.05) is 37.7 Å². The maximum Gasteiger partial charge on any atom is 0.270 e. The van der Waals surface area contributed by atoms with Gasteiger partial charge in [-0.05, 0) is 69.2 Å². The summed E-state index contributed by atoms with van der Waals surface area (Å²) in [5, 5.41) is 0.934. The number of nitrogens with zero attached hydrogens (tertiary/aromatic N) is 4. The first-order valence-electron chi connectivity index (χ1n) is 13.0. The molecule has 198 valence electrons. The van der Waals surface area contributed by atoms with Gasteiger partial charge in [0.2, 0.25) is 5.91 Å². The molecule has 8 heteroatoms. The second-order valence-corrected chi connectivity index (χ2v) is 9.90. The Morgan fingerprint density at radius 2 is 1.81 bits per heavy atom. The number of hydrogen-bond donors (Lipinski definition) is 0. The topological polar surface area (TPSA) is 58.0 Å². The van der Waals surface area contributed by atoms with Gasteiger partial charge >= 0.3 is 0 Å². The number of aryl methyl sites for hydroxylation is 1. The molecule has 37 heavy (non-hydrogen) atoms. The molecular formula is C29H37FN4O3. The summed E-state index contributed by atoms with van der Waals surface area (Å²) in [4.78, 5) is 32.4. The molecule has 1 aliphatic heterocycles. The average molecular weight is 509 g/mol. The van der Waals surface area contributed by atoms with Crippen molar-refractivity contribution in [3.8, 4) is 5.75 Å². The maximum atomic E-state index is 14.3. The number of anilines is 1. The number of amides is 2. The Bertz CT molecular complexity index is 1290. The van der Waals surface area contributed by atoms with Gasteiger partial charge in [-0.2, -0.15) is 0 Å². The van der Waals surface area contributed by atoms with Crippen LogP contribution in [-0.4, -0.2) is 65.0 Å². The Kier molecular flexibility index (Phi) is 8.17. The number of fused-ring (bicyclic) bond motifs is 2. The zero-order valence-electron chi connectivity index (χ0n) is 22.5. The van der Waals surface area contributed by atoms with Crippen molar-refractivity contribution in [2.45, 2.75) is 46.7 Å². The highest BCUT2D eigenvalue weighted by Gasteiger charge is 2.26. The summed E-state index contributed by atoms with van der Waals surface area (Å²) in [5.41, 5.74) is 2.79. The normalized spacial score (nSPS) is 15.5. The molecule has 0 spiro atoms. The van der Waals surface area contributed by atoms with Crippen molar-refractivity contribution >= 4 is 28.4 Å². The summed E-state index contributed by atoms with van der Waals surface area (Å²) in [6, 6.07) is 12.5. The van der Waals surface area contributed by atoms with E-state index in [0.717, 1.165) is 35.2 Å². The Morgan fingerprint density at radius 1 is 1.03 bits per heavy atom. The number of benzene rings is 2. The minimum absolute atomic E-state index is 0.107. The molecule has 0 unspecified atom stereocenters. The summed E-state index contributed by atoms with van der Waals surface area (Å²) in [6.07, 6.45) is 0.757. The van der Waals surface area contributed by atoms with E-state index in [1.165, 1.54) is 19.1 Å². The van der Waals surface area contributed by atoms with E-state index in [1.807, 2.05) is 47.7 Å². The summed E-state index contributed by atoms with van der Waals surface area (Å²) in [6.45, 7) is 11.1. The van der Waals surface area contributed by atoms with Crippen LogP contribution in [0, 0.1) is 5.82 Å². The van der Waals surface area contributed by atoms with Crippen LogP contribution in [0.25, 0.3) is 10.9 Å². The number of carbonyl (C=O) groups is 2. The average Bonchev–Trinajstić information content (AvgIpc) is 3.16. The van der Waals surface area contributed by atoms with Crippen molar-refractivity contribution in [1.82, 2.24) is 14.4 Å². The zero-order valence-corrected chi connectivity index (χ0v) is 22.5. The molecular weight excluding hydrogens is 471 g/mol. The van der Waals surface area contributed by atoms with Crippen LogP contribution < -0.4 is 9.64 Å². The Morgan fingerprint density at radius 3 is 2.51 bits per heavy atom. The predicted molar refractivity (Wildman–Crippen MR) is 145 cm³/mol. The van der Waals surface area contributed by atoms with Crippen LogP contribution in [0.15, 0.2) is 42.5 Å². The van der Waals surface area contributed by atoms with E-state index in [2.05, 4.69) is 18.7 Å². The van der Waals surface area contributed by atoms with Gasteiger partial charge in [0.1, 0.15) is 17.3 Å². The van der Waals surface area contributed by atoms with E-state index in [4.69, 9.17) is 4.74 Å². The molecule has 0 radical (unpaired) electrons. The molecule has 0 bridgehead atoms. The van der Waals surface area contributed by atoms with E-state index in [1.54, 1.807) is 11.0 Å². The molecule has 4 rings (SSSR count). The molecule has 1 aromatic heterocycles. The monoisotopic (exact) mass is 508 g/mol. The van der Waals surface area contributed by atoms with Crippen molar-refractivity contribution < 1.29 is 18.7 Å². The molecule has 3 aromatic rings. The fourth-order valence-corrected chi connectivity index (χ4v) is 5.09. The van der Waals surface area contributed by atoms with Gasteiger partial charge in [0.25, 0.3) is 5.91 Å². The molecule has 0 aliphatic carbocycles. The first-order valence-corrected chi connectivity index (χ1v) is 13.0. The third kappa shape index (κ3) is 5.80. The molecule has 0 saturated heterocycles. The van der Waals surface area contributed by atoms with E-state index in [-0.39, 0.29) is 24.4 Å². The fourth-order valence-electron chi connectivity index (χ4n) is 5.09. The van der Waals surface area contributed by atoms with Gasteiger partial charge < -0.3 is 19.1 Å². The molecule has 7 nitrogen and oxygen atoms in total. The van der Waals surface area contributed by atoms with Gasteiger partial charge in [-0.15, -0.1) is 0 Å². The van der Waals surface area contributed by atoms with E-state index in [9.17, 15) is 14.0 Å². The lowest BCUT2D eigenvalue weighted by Gasteiger charge is -2.30. The van der Waals surface area contributed by atoms with Crippen LogP contribution in [0.1, 0.15) is 50.2 Å². The molecule has 1 aliphatic rings. The van der Waals surface area contributed by atoms with Gasteiger partial charge in [0.05, 0.1) is 12.3 Å². The van der Waals surface area contributed by atoms with Crippen molar-refractivity contribution in [3.05, 3.63) is 59.5 Å².